The van der Waals surface area contributed by atoms with Crippen LogP contribution in [0.25, 0.3) is 0 Å². The van der Waals surface area contributed by atoms with Gasteiger partial charge < -0.3 is 0 Å². The van der Waals surface area contributed by atoms with E-state index in [2.05, 4.69) is 38.2 Å². The van der Waals surface area contributed by atoms with Crippen molar-refractivity contribution in [1.82, 2.24) is 0 Å². The van der Waals surface area contributed by atoms with Crippen molar-refractivity contribution in [3.63, 3.8) is 0 Å². The lowest BCUT2D eigenvalue weighted by Crippen LogP contribution is -2.05. The highest BCUT2D eigenvalue weighted by atomic mass is 19.1. The molecule has 3 aliphatic rings. The van der Waals surface area contributed by atoms with Crippen molar-refractivity contribution in [3.8, 4) is 0 Å². The van der Waals surface area contributed by atoms with Crippen LogP contribution in [-0.2, 0) is 0 Å². The second-order valence-electron chi connectivity index (χ2n) is 6.41. The maximum atomic E-state index is 14.5. The molecule has 21 heavy (non-hydrogen) atoms. The Morgan fingerprint density at radius 3 is 1.76 bits per heavy atom. The van der Waals surface area contributed by atoms with E-state index in [1.165, 1.54) is 27.9 Å². The lowest BCUT2D eigenvalue weighted by atomic mass is 9.83. The van der Waals surface area contributed by atoms with Crippen molar-refractivity contribution < 1.29 is 4.39 Å². The molecule has 0 aromatic heterocycles. The molecule has 0 atom stereocenters. The third kappa shape index (κ3) is 3.18. The Morgan fingerprint density at radius 2 is 1.24 bits per heavy atom. The van der Waals surface area contributed by atoms with Crippen molar-refractivity contribution >= 4 is 0 Å². The van der Waals surface area contributed by atoms with Gasteiger partial charge >= 0.3 is 0 Å². The normalized spacial score (nSPS) is 23.1. The minimum Gasteiger partial charge on any atom is -0.207 e. The molecule has 0 nitrogen and oxygen atoms in total. The smallest absolute Gasteiger partial charge is 0.126 e. The molecule has 3 aliphatic carbocycles. The van der Waals surface area contributed by atoms with Crippen LogP contribution in [0.3, 0.4) is 0 Å². The first-order valence-corrected chi connectivity index (χ1v) is 7.96. The molecule has 0 aromatic carbocycles. The van der Waals surface area contributed by atoms with Crippen molar-refractivity contribution in [2.24, 2.45) is 0 Å². The molecule has 0 radical (unpaired) electrons. The van der Waals surface area contributed by atoms with Crippen LogP contribution in [0.5, 0.6) is 0 Å². The molecule has 0 saturated heterocycles. The largest absolute Gasteiger partial charge is 0.207 e. The topological polar surface area (TPSA) is 0 Å². The molecule has 1 heteroatoms. The molecule has 0 aromatic rings. The van der Waals surface area contributed by atoms with Gasteiger partial charge in [0.05, 0.1) is 0 Å². The summed E-state index contributed by atoms with van der Waals surface area (Å²) in [5.41, 5.74) is 7.46. The third-order valence-corrected chi connectivity index (χ3v) is 4.75. The number of allylic oxidation sites excluding steroid dienone is 12. The van der Waals surface area contributed by atoms with Gasteiger partial charge in [-0.25, -0.2) is 4.39 Å². The Balaban J connectivity index is 1.85. The fraction of sp³-hybridized carbons (Fsp3) is 0.400. The molecular weight excluding hydrogens is 259 g/mol. The maximum absolute atomic E-state index is 14.5. The van der Waals surface area contributed by atoms with Crippen LogP contribution >= 0.6 is 0 Å². The van der Waals surface area contributed by atoms with E-state index < -0.39 is 0 Å². The number of hydrogen-bond donors (Lipinski definition) is 0. The highest BCUT2D eigenvalue weighted by Gasteiger charge is 2.20. The van der Waals surface area contributed by atoms with Gasteiger partial charge in [0.1, 0.15) is 5.83 Å². The van der Waals surface area contributed by atoms with Gasteiger partial charge in [-0.3, -0.25) is 0 Å². The average molecular weight is 282 g/mol. The summed E-state index contributed by atoms with van der Waals surface area (Å²) in [7, 11) is 0. The minimum atomic E-state index is -0.0115. The minimum absolute atomic E-state index is 0.0115. The second-order valence-corrected chi connectivity index (χ2v) is 6.41. The molecule has 0 saturated carbocycles. The summed E-state index contributed by atoms with van der Waals surface area (Å²) in [5, 5.41) is 0. The monoisotopic (exact) mass is 282 g/mol. The Hall–Kier alpha value is -1.63. The van der Waals surface area contributed by atoms with E-state index in [1.54, 1.807) is 6.08 Å². The predicted octanol–water partition coefficient (Wildman–Crippen LogP) is 6.26. The van der Waals surface area contributed by atoms with Gasteiger partial charge in [-0.05, 0) is 80.7 Å². The molecule has 3 rings (SSSR count). The summed E-state index contributed by atoms with van der Waals surface area (Å²) < 4.78 is 14.5. The molecule has 0 fully saturated rings. The number of rotatable bonds is 2. The van der Waals surface area contributed by atoms with Crippen LogP contribution in [0.15, 0.2) is 69.6 Å². The maximum Gasteiger partial charge on any atom is 0.126 e. The first-order valence-electron chi connectivity index (χ1n) is 7.96. The second kappa shape index (κ2) is 6.01. The van der Waals surface area contributed by atoms with E-state index in [0.717, 1.165) is 44.1 Å². The Labute approximate surface area is 127 Å². The summed E-state index contributed by atoms with van der Waals surface area (Å²) >= 11 is 0. The van der Waals surface area contributed by atoms with E-state index in [-0.39, 0.29) is 5.83 Å². The molecular formula is C20H23F. The molecule has 0 unspecified atom stereocenters. The van der Waals surface area contributed by atoms with Crippen LogP contribution < -0.4 is 0 Å². The first-order chi connectivity index (χ1) is 10.1. The molecule has 0 spiro atoms. The fourth-order valence-electron chi connectivity index (χ4n) is 3.26. The highest BCUT2D eigenvalue weighted by molar-refractivity contribution is 5.49. The van der Waals surface area contributed by atoms with Gasteiger partial charge in [-0.15, -0.1) is 0 Å². The summed E-state index contributed by atoms with van der Waals surface area (Å²) in [5.74, 6) is -0.0115. The van der Waals surface area contributed by atoms with Crippen molar-refractivity contribution in [1.29, 1.82) is 0 Å². The van der Waals surface area contributed by atoms with Gasteiger partial charge in [-0.2, -0.15) is 0 Å². The quantitative estimate of drug-likeness (QED) is 0.560. The first kappa shape index (κ1) is 14.3. The van der Waals surface area contributed by atoms with Crippen LogP contribution in [-0.4, -0.2) is 0 Å². The summed E-state index contributed by atoms with van der Waals surface area (Å²) in [6, 6.07) is 0. The third-order valence-electron chi connectivity index (χ3n) is 4.75. The van der Waals surface area contributed by atoms with Crippen LogP contribution in [0.2, 0.25) is 0 Å². The van der Waals surface area contributed by atoms with Crippen molar-refractivity contribution in [2.75, 3.05) is 0 Å². The summed E-state index contributed by atoms with van der Waals surface area (Å²) in [4.78, 5) is 0. The van der Waals surface area contributed by atoms with Crippen LogP contribution in [0.1, 0.15) is 52.4 Å². The Morgan fingerprint density at radius 1 is 0.667 bits per heavy atom. The Bertz CT molecular complexity index is 633. The lowest BCUT2D eigenvalue weighted by molar-refractivity contribution is 0.629. The molecule has 0 N–H and O–H groups in total. The van der Waals surface area contributed by atoms with Gasteiger partial charge in [0, 0.05) is 0 Å². The zero-order chi connectivity index (χ0) is 14.8. The van der Waals surface area contributed by atoms with Crippen LogP contribution in [0, 0.1) is 0 Å². The molecule has 0 heterocycles. The Kier molecular flexibility index (Phi) is 4.10. The fourth-order valence-corrected chi connectivity index (χ4v) is 3.26. The van der Waals surface area contributed by atoms with E-state index >= 15 is 0 Å². The average Bonchev–Trinajstić information content (AvgIpc) is 2.49. The zero-order valence-electron chi connectivity index (χ0n) is 13.0. The molecule has 0 aliphatic heterocycles. The van der Waals surface area contributed by atoms with Gasteiger partial charge in [-0.1, -0.05) is 35.5 Å². The van der Waals surface area contributed by atoms with Crippen molar-refractivity contribution in [3.05, 3.63) is 69.6 Å². The van der Waals surface area contributed by atoms with E-state index in [0.29, 0.717) is 0 Å². The van der Waals surface area contributed by atoms with Gasteiger partial charge in [0.2, 0.25) is 0 Å². The predicted molar refractivity (Wildman–Crippen MR) is 87.6 cm³/mol. The van der Waals surface area contributed by atoms with E-state index in [1.807, 2.05) is 0 Å². The zero-order valence-corrected chi connectivity index (χ0v) is 13.0. The van der Waals surface area contributed by atoms with E-state index in [4.69, 9.17) is 0 Å². The highest BCUT2D eigenvalue weighted by Crippen LogP contribution is 2.37. The molecule has 0 amide bonds. The van der Waals surface area contributed by atoms with Gasteiger partial charge in [0.25, 0.3) is 0 Å². The number of hydrogen-bond acceptors (Lipinski definition) is 0. The lowest BCUT2D eigenvalue weighted by Gasteiger charge is -2.23. The standard InChI is InChI=1S/C20H23F/c1-14-3-7-16(8-4-14)18-11-12-19(20(21)13-18)17-9-5-15(2)6-10-17/h3,5,7,9,13H,4,6,8,10-12H2,1-2H3. The van der Waals surface area contributed by atoms with Gasteiger partial charge in [0.15, 0.2) is 0 Å². The SMILES string of the molecule is CC1=CC=C(C2=CC(F)=C(C3=CC=C(C)CC3)CC2)CC1. The summed E-state index contributed by atoms with van der Waals surface area (Å²) in [6.45, 7) is 4.30. The van der Waals surface area contributed by atoms with E-state index in [9.17, 15) is 4.39 Å². The number of halogens is 1. The summed E-state index contributed by atoms with van der Waals surface area (Å²) in [6.07, 6.45) is 16.4. The molecule has 0 bridgehead atoms. The van der Waals surface area contributed by atoms with Crippen molar-refractivity contribution in [2.45, 2.75) is 52.4 Å². The van der Waals surface area contributed by atoms with Crippen LogP contribution in [0.4, 0.5) is 4.39 Å². The molecule has 110 valence electrons.